The zero-order valence-electron chi connectivity index (χ0n) is 9.64. The van der Waals surface area contributed by atoms with Gasteiger partial charge in [-0.3, -0.25) is 0 Å². The van der Waals surface area contributed by atoms with Crippen LogP contribution in [0.3, 0.4) is 0 Å². The highest BCUT2D eigenvalue weighted by molar-refractivity contribution is 5.63. The lowest BCUT2D eigenvalue weighted by Crippen LogP contribution is -2.14. The first-order valence-electron chi connectivity index (χ1n) is 5.46. The molecule has 0 radical (unpaired) electrons. The summed E-state index contributed by atoms with van der Waals surface area (Å²) in [6, 6.07) is 18.3. The number of hydrogen-bond acceptors (Lipinski definition) is 1. The standard InChI is InChI=1S/C15H16O/c1-15(2,16)14-10-8-13(9-11-14)12-6-4-3-5-7-12/h3-11,16H,1-2H3. The van der Waals surface area contributed by atoms with Crippen molar-refractivity contribution in [3.63, 3.8) is 0 Å². The number of hydrogen-bond donors (Lipinski definition) is 1. The van der Waals surface area contributed by atoms with Gasteiger partial charge < -0.3 is 5.11 Å². The normalized spacial score (nSPS) is 11.4. The van der Waals surface area contributed by atoms with Gasteiger partial charge in [-0.15, -0.1) is 0 Å². The Kier molecular flexibility index (Phi) is 2.80. The molecule has 2 aromatic rings. The number of aliphatic hydroxyl groups is 1. The van der Waals surface area contributed by atoms with E-state index in [1.165, 1.54) is 11.1 Å². The molecule has 0 unspecified atom stereocenters. The van der Waals surface area contributed by atoms with E-state index in [0.29, 0.717) is 0 Å². The monoisotopic (exact) mass is 212 g/mol. The van der Waals surface area contributed by atoms with E-state index in [2.05, 4.69) is 12.1 Å². The van der Waals surface area contributed by atoms with Gasteiger partial charge in [0.25, 0.3) is 0 Å². The van der Waals surface area contributed by atoms with Crippen molar-refractivity contribution in [2.24, 2.45) is 0 Å². The van der Waals surface area contributed by atoms with Crippen molar-refractivity contribution in [2.45, 2.75) is 19.4 Å². The second-order valence-electron chi connectivity index (χ2n) is 4.50. The molecule has 0 bridgehead atoms. The number of benzene rings is 2. The summed E-state index contributed by atoms with van der Waals surface area (Å²) in [6.45, 7) is 3.59. The van der Waals surface area contributed by atoms with Crippen LogP contribution < -0.4 is 0 Å². The summed E-state index contributed by atoms with van der Waals surface area (Å²) >= 11 is 0. The molecular formula is C15H16O. The fourth-order valence-electron chi connectivity index (χ4n) is 1.70. The van der Waals surface area contributed by atoms with Gasteiger partial charge in [0, 0.05) is 0 Å². The maximum absolute atomic E-state index is 9.85. The maximum Gasteiger partial charge on any atom is 0.0840 e. The first kappa shape index (κ1) is 10.9. The zero-order valence-corrected chi connectivity index (χ0v) is 9.64. The molecule has 1 N–H and O–H groups in total. The molecule has 1 heteroatoms. The summed E-state index contributed by atoms with van der Waals surface area (Å²) in [4.78, 5) is 0. The second-order valence-corrected chi connectivity index (χ2v) is 4.50. The van der Waals surface area contributed by atoms with Crippen molar-refractivity contribution < 1.29 is 5.11 Å². The van der Waals surface area contributed by atoms with Crippen LogP contribution in [0.5, 0.6) is 0 Å². The molecule has 0 aromatic heterocycles. The quantitative estimate of drug-likeness (QED) is 0.806. The van der Waals surface area contributed by atoms with Crippen molar-refractivity contribution in [1.29, 1.82) is 0 Å². The summed E-state index contributed by atoms with van der Waals surface area (Å²) in [5.74, 6) is 0. The SMILES string of the molecule is CC(C)(O)c1ccc(-c2ccccc2)cc1. The van der Waals surface area contributed by atoms with Crippen molar-refractivity contribution in [3.05, 3.63) is 60.2 Å². The van der Waals surface area contributed by atoms with Gasteiger partial charge >= 0.3 is 0 Å². The van der Waals surface area contributed by atoms with Crippen LogP contribution in [0.1, 0.15) is 19.4 Å². The third kappa shape index (κ3) is 2.31. The lowest BCUT2D eigenvalue weighted by molar-refractivity contribution is 0.0786. The molecule has 0 saturated carbocycles. The van der Waals surface area contributed by atoms with E-state index in [1.54, 1.807) is 13.8 Å². The first-order chi connectivity index (χ1) is 7.57. The van der Waals surface area contributed by atoms with Crippen LogP contribution in [0, 0.1) is 0 Å². The first-order valence-corrected chi connectivity index (χ1v) is 5.46. The van der Waals surface area contributed by atoms with Crippen LogP contribution in [0.4, 0.5) is 0 Å². The van der Waals surface area contributed by atoms with Crippen molar-refractivity contribution in [3.8, 4) is 11.1 Å². The molecule has 0 saturated heterocycles. The third-order valence-electron chi connectivity index (χ3n) is 2.70. The summed E-state index contributed by atoms with van der Waals surface area (Å²) in [6.07, 6.45) is 0. The van der Waals surface area contributed by atoms with Crippen molar-refractivity contribution in [2.75, 3.05) is 0 Å². The minimum atomic E-state index is -0.769. The summed E-state index contributed by atoms with van der Waals surface area (Å²) in [7, 11) is 0. The molecular weight excluding hydrogens is 196 g/mol. The average Bonchev–Trinajstić information content (AvgIpc) is 2.29. The zero-order chi connectivity index (χ0) is 11.6. The molecule has 0 aliphatic rings. The van der Waals surface area contributed by atoms with Gasteiger partial charge in [-0.1, -0.05) is 54.6 Å². The van der Waals surface area contributed by atoms with E-state index in [-0.39, 0.29) is 0 Å². The highest BCUT2D eigenvalue weighted by Crippen LogP contribution is 2.24. The fraction of sp³-hybridized carbons (Fsp3) is 0.200. The molecule has 82 valence electrons. The van der Waals surface area contributed by atoms with Crippen LogP contribution in [-0.2, 0) is 5.60 Å². The van der Waals surface area contributed by atoms with Crippen molar-refractivity contribution in [1.82, 2.24) is 0 Å². The Labute approximate surface area is 96.4 Å². The smallest absolute Gasteiger partial charge is 0.0840 e. The van der Waals surface area contributed by atoms with Crippen LogP contribution in [0.25, 0.3) is 11.1 Å². The van der Waals surface area contributed by atoms with Gasteiger partial charge in [0.15, 0.2) is 0 Å². The molecule has 0 aliphatic carbocycles. The Bertz CT molecular complexity index is 449. The average molecular weight is 212 g/mol. The summed E-state index contributed by atoms with van der Waals surface area (Å²) < 4.78 is 0. The van der Waals surface area contributed by atoms with Gasteiger partial charge in [0.1, 0.15) is 0 Å². The van der Waals surface area contributed by atoms with Crippen LogP contribution in [-0.4, -0.2) is 5.11 Å². The molecule has 2 rings (SSSR count). The number of rotatable bonds is 2. The van der Waals surface area contributed by atoms with Gasteiger partial charge in [0.2, 0.25) is 0 Å². The lowest BCUT2D eigenvalue weighted by Gasteiger charge is -2.17. The van der Waals surface area contributed by atoms with E-state index in [4.69, 9.17) is 0 Å². The fourth-order valence-corrected chi connectivity index (χ4v) is 1.70. The van der Waals surface area contributed by atoms with Crippen LogP contribution in [0.15, 0.2) is 54.6 Å². The Morgan fingerprint density at radius 3 is 1.75 bits per heavy atom. The third-order valence-corrected chi connectivity index (χ3v) is 2.70. The van der Waals surface area contributed by atoms with E-state index < -0.39 is 5.60 Å². The van der Waals surface area contributed by atoms with Gasteiger partial charge in [-0.2, -0.15) is 0 Å². The van der Waals surface area contributed by atoms with E-state index >= 15 is 0 Å². The van der Waals surface area contributed by atoms with Crippen molar-refractivity contribution >= 4 is 0 Å². The molecule has 0 spiro atoms. The van der Waals surface area contributed by atoms with E-state index in [1.807, 2.05) is 42.5 Å². The molecule has 2 aromatic carbocycles. The highest BCUT2D eigenvalue weighted by atomic mass is 16.3. The summed E-state index contributed by atoms with van der Waals surface area (Å²) in [5.41, 5.74) is 2.54. The molecule has 0 heterocycles. The van der Waals surface area contributed by atoms with Gasteiger partial charge in [0.05, 0.1) is 5.60 Å². The Hall–Kier alpha value is -1.60. The summed E-state index contributed by atoms with van der Waals surface area (Å²) in [5, 5.41) is 9.85. The molecule has 16 heavy (non-hydrogen) atoms. The van der Waals surface area contributed by atoms with Gasteiger partial charge in [-0.05, 0) is 30.5 Å². The molecule has 0 aliphatic heterocycles. The molecule has 0 fully saturated rings. The predicted molar refractivity (Wildman–Crippen MR) is 67.1 cm³/mol. The van der Waals surface area contributed by atoms with Crippen LogP contribution in [0.2, 0.25) is 0 Å². The Balaban J connectivity index is 2.34. The molecule has 0 atom stereocenters. The largest absolute Gasteiger partial charge is 0.386 e. The van der Waals surface area contributed by atoms with Crippen LogP contribution >= 0.6 is 0 Å². The topological polar surface area (TPSA) is 20.2 Å². The van der Waals surface area contributed by atoms with E-state index in [9.17, 15) is 5.11 Å². The van der Waals surface area contributed by atoms with E-state index in [0.717, 1.165) is 5.56 Å². The Morgan fingerprint density at radius 2 is 1.25 bits per heavy atom. The Morgan fingerprint density at radius 1 is 0.750 bits per heavy atom. The molecule has 0 amide bonds. The lowest BCUT2D eigenvalue weighted by atomic mass is 9.96. The predicted octanol–water partition coefficient (Wildman–Crippen LogP) is 3.58. The van der Waals surface area contributed by atoms with Gasteiger partial charge in [-0.25, -0.2) is 0 Å². The highest BCUT2D eigenvalue weighted by Gasteiger charge is 2.14. The minimum Gasteiger partial charge on any atom is -0.386 e. The minimum absolute atomic E-state index is 0.769. The molecule has 1 nitrogen and oxygen atoms in total. The second kappa shape index (κ2) is 4.11. The maximum atomic E-state index is 9.85.